The second-order valence-corrected chi connectivity index (χ2v) is 8.59. The van der Waals surface area contributed by atoms with E-state index in [4.69, 9.17) is 15.2 Å². The van der Waals surface area contributed by atoms with E-state index < -0.39 is 18.9 Å². The Hall–Kier alpha value is -4.22. The Kier molecular flexibility index (Phi) is 6.40. The molecule has 3 N–H and O–H groups in total. The van der Waals surface area contributed by atoms with Crippen LogP contribution in [0.1, 0.15) is 46.4 Å². The van der Waals surface area contributed by atoms with Crippen LogP contribution in [0.15, 0.2) is 48.9 Å². The van der Waals surface area contributed by atoms with Crippen molar-refractivity contribution in [2.24, 2.45) is 5.73 Å². The summed E-state index contributed by atoms with van der Waals surface area (Å²) in [7, 11) is 0. The molecule has 1 fully saturated rings. The first-order valence-electron chi connectivity index (χ1n) is 11.5. The van der Waals surface area contributed by atoms with E-state index in [2.05, 4.69) is 15.5 Å². The van der Waals surface area contributed by atoms with Gasteiger partial charge in [-0.3, -0.25) is 9.59 Å². The number of primary amides is 1. The summed E-state index contributed by atoms with van der Waals surface area (Å²) in [6.07, 6.45) is 4.56. The molecule has 188 valence electrons. The Morgan fingerprint density at radius 2 is 1.92 bits per heavy atom. The van der Waals surface area contributed by atoms with Crippen molar-refractivity contribution >= 4 is 22.8 Å². The molecule has 1 aliphatic rings. The van der Waals surface area contributed by atoms with Gasteiger partial charge in [0.1, 0.15) is 24.0 Å². The molecule has 1 saturated carbocycles. The van der Waals surface area contributed by atoms with E-state index in [1.54, 1.807) is 35.0 Å². The van der Waals surface area contributed by atoms with Crippen LogP contribution in [0.4, 0.5) is 8.78 Å². The zero-order valence-electron chi connectivity index (χ0n) is 19.1. The second-order valence-electron chi connectivity index (χ2n) is 8.59. The molecule has 4 aromatic heterocycles. The molecule has 0 radical (unpaired) electrons. The number of pyridine rings is 2. The lowest BCUT2D eigenvalue weighted by Crippen LogP contribution is -2.39. The standard InChI is InChI=1S/C24H24F2N6O4/c25-20(26)13-35-16-8-9-18-17(11-28-32(18)12-16)23(34)29-14-4-6-15(7-5-14)36-24-21(22(27)33)19-3-1-2-10-31(19)30-24/h1-3,8-12,14-15,20H,4-7,13H2,(H2,27,33)(H,29,34). The van der Waals surface area contributed by atoms with Gasteiger partial charge >= 0.3 is 0 Å². The highest BCUT2D eigenvalue weighted by Crippen LogP contribution is 2.28. The van der Waals surface area contributed by atoms with Crippen molar-refractivity contribution in [1.82, 2.24) is 24.5 Å². The van der Waals surface area contributed by atoms with Gasteiger partial charge in [0.15, 0.2) is 0 Å². The van der Waals surface area contributed by atoms with Crippen molar-refractivity contribution < 1.29 is 27.8 Å². The maximum absolute atomic E-state index is 12.9. The first-order valence-corrected chi connectivity index (χ1v) is 11.5. The predicted molar refractivity (Wildman–Crippen MR) is 125 cm³/mol. The van der Waals surface area contributed by atoms with Crippen molar-refractivity contribution in [1.29, 1.82) is 0 Å². The van der Waals surface area contributed by atoms with Crippen LogP contribution in [0.5, 0.6) is 11.6 Å². The third-order valence-electron chi connectivity index (χ3n) is 6.15. The van der Waals surface area contributed by atoms with Crippen LogP contribution in [0, 0.1) is 0 Å². The fourth-order valence-corrected chi connectivity index (χ4v) is 4.42. The van der Waals surface area contributed by atoms with Crippen LogP contribution >= 0.6 is 0 Å². The Labute approximate surface area is 204 Å². The van der Waals surface area contributed by atoms with E-state index in [9.17, 15) is 18.4 Å². The molecule has 0 unspecified atom stereocenters. The number of hydrogen-bond acceptors (Lipinski definition) is 6. The Balaban J connectivity index is 1.19. The summed E-state index contributed by atoms with van der Waals surface area (Å²) >= 11 is 0. The lowest BCUT2D eigenvalue weighted by molar-refractivity contribution is 0.0816. The number of fused-ring (bicyclic) bond motifs is 2. The Morgan fingerprint density at radius 3 is 2.67 bits per heavy atom. The summed E-state index contributed by atoms with van der Waals surface area (Å²) in [5, 5.41) is 11.5. The summed E-state index contributed by atoms with van der Waals surface area (Å²) in [5.74, 6) is -0.425. The van der Waals surface area contributed by atoms with Crippen molar-refractivity contribution in [3.8, 4) is 11.6 Å². The number of nitrogens with zero attached hydrogens (tertiary/aromatic N) is 4. The summed E-state index contributed by atoms with van der Waals surface area (Å²) < 4.78 is 38.8. The molecule has 0 aromatic carbocycles. The molecular weight excluding hydrogens is 474 g/mol. The molecule has 0 saturated heterocycles. The Morgan fingerprint density at radius 1 is 1.11 bits per heavy atom. The number of carbonyl (C=O) groups excluding carboxylic acids is 2. The highest BCUT2D eigenvalue weighted by Gasteiger charge is 2.28. The van der Waals surface area contributed by atoms with Gasteiger partial charge in [0, 0.05) is 12.2 Å². The topological polar surface area (TPSA) is 125 Å². The summed E-state index contributed by atoms with van der Waals surface area (Å²) in [6.45, 7) is -0.715. The van der Waals surface area contributed by atoms with Crippen molar-refractivity contribution in [3.63, 3.8) is 0 Å². The molecule has 0 aliphatic heterocycles. The van der Waals surface area contributed by atoms with Crippen molar-refractivity contribution in [3.05, 3.63) is 60.0 Å². The van der Waals surface area contributed by atoms with Gasteiger partial charge in [-0.1, -0.05) is 6.07 Å². The molecule has 36 heavy (non-hydrogen) atoms. The minimum atomic E-state index is -2.58. The second kappa shape index (κ2) is 9.80. The third-order valence-corrected chi connectivity index (χ3v) is 6.15. The van der Waals surface area contributed by atoms with Crippen molar-refractivity contribution in [2.45, 2.75) is 44.3 Å². The van der Waals surface area contributed by atoms with E-state index in [0.29, 0.717) is 42.3 Å². The number of carbonyl (C=O) groups is 2. The minimum absolute atomic E-state index is 0.0578. The lowest BCUT2D eigenvalue weighted by atomic mass is 9.92. The zero-order valence-corrected chi connectivity index (χ0v) is 19.1. The smallest absolute Gasteiger partial charge is 0.272 e. The summed E-state index contributed by atoms with van der Waals surface area (Å²) in [5.41, 5.74) is 7.32. The monoisotopic (exact) mass is 498 g/mol. The largest absolute Gasteiger partial charge is 0.486 e. The molecule has 0 spiro atoms. The van der Waals surface area contributed by atoms with Crippen molar-refractivity contribution in [2.75, 3.05) is 6.61 Å². The number of hydrogen-bond donors (Lipinski definition) is 2. The molecule has 4 aromatic rings. The van der Waals surface area contributed by atoms with E-state index in [1.165, 1.54) is 23.0 Å². The van der Waals surface area contributed by atoms with Gasteiger partial charge in [0.25, 0.3) is 18.2 Å². The van der Waals surface area contributed by atoms with Crippen LogP contribution in [0.2, 0.25) is 0 Å². The van der Waals surface area contributed by atoms with E-state index in [-0.39, 0.29) is 35.2 Å². The molecule has 0 bridgehead atoms. The minimum Gasteiger partial charge on any atom is -0.486 e. The van der Waals surface area contributed by atoms with Gasteiger partial charge < -0.3 is 20.5 Å². The number of halogens is 2. The van der Waals surface area contributed by atoms with E-state index in [0.717, 1.165) is 0 Å². The van der Waals surface area contributed by atoms with Gasteiger partial charge in [0.2, 0.25) is 5.88 Å². The molecule has 0 atom stereocenters. The average Bonchev–Trinajstić information content (AvgIpc) is 3.44. The number of rotatable bonds is 8. The predicted octanol–water partition coefficient (Wildman–Crippen LogP) is 2.84. The highest BCUT2D eigenvalue weighted by atomic mass is 19.3. The third kappa shape index (κ3) is 4.79. The molecule has 5 rings (SSSR count). The highest BCUT2D eigenvalue weighted by molar-refractivity contribution is 6.02. The number of amides is 2. The average molecular weight is 498 g/mol. The number of alkyl halides is 2. The molecule has 4 heterocycles. The molecule has 1 aliphatic carbocycles. The summed E-state index contributed by atoms with van der Waals surface area (Å²) in [4.78, 5) is 24.9. The molecule has 2 amide bonds. The number of nitrogens with one attached hydrogen (secondary N) is 1. The maximum Gasteiger partial charge on any atom is 0.272 e. The molecule has 12 heteroatoms. The molecule has 10 nitrogen and oxygen atoms in total. The van der Waals surface area contributed by atoms with Gasteiger partial charge in [-0.05, 0) is 49.9 Å². The fourth-order valence-electron chi connectivity index (χ4n) is 4.42. The molecular formula is C24H24F2N6O4. The van der Waals surface area contributed by atoms with E-state index in [1.807, 2.05) is 0 Å². The normalized spacial score (nSPS) is 18.0. The number of nitrogens with two attached hydrogens (primary N) is 1. The van der Waals surface area contributed by atoms with Gasteiger partial charge in [-0.25, -0.2) is 17.8 Å². The van der Waals surface area contributed by atoms with Gasteiger partial charge in [0.05, 0.1) is 29.0 Å². The number of aromatic nitrogens is 4. The Bertz CT molecular complexity index is 1410. The SMILES string of the molecule is NC(=O)c1c(OC2CCC(NC(=O)c3cnn4cc(OCC(F)F)ccc34)CC2)nn2ccccc12. The number of ether oxygens (including phenoxy) is 2. The van der Waals surface area contributed by atoms with Crippen LogP contribution in [0.25, 0.3) is 11.0 Å². The van der Waals surface area contributed by atoms with E-state index >= 15 is 0 Å². The fraction of sp³-hybridized carbons (Fsp3) is 0.333. The van der Waals surface area contributed by atoms with Crippen LogP contribution in [-0.4, -0.2) is 56.2 Å². The first-order chi connectivity index (χ1) is 17.4. The lowest BCUT2D eigenvalue weighted by Gasteiger charge is -2.29. The maximum atomic E-state index is 12.9. The van der Waals surface area contributed by atoms with Crippen LogP contribution in [-0.2, 0) is 0 Å². The summed E-state index contributed by atoms with van der Waals surface area (Å²) in [6, 6.07) is 8.43. The van der Waals surface area contributed by atoms with Gasteiger partial charge in [-0.2, -0.15) is 5.10 Å². The van der Waals surface area contributed by atoms with Gasteiger partial charge in [-0.15, -0.1) is 5.10 Å². The van der Waals surface area contributed by atoms with Crippen LogP contribution in [0.3, 0.4) is 0 Å². The first kappa shape index (κ1) is 23.5. The van der Waals surface area contributed by atoms with Crippen LogP contribution < -0.4 is 20.5 Å². The zero-order chi connectivity index (χ0) is 25.2. The quantitative estimate of drug-likeness (QED) is 0.385.